The number of unbranched alkanes of at least 4 members (excludes halogenated alkanes) is 1. The van der Waals surface area contributed by atoms with E-state index in [0.29, 0.717) is 5.69 Å². The molecule has 29 heavy (non-hydrogen) atoms. The number of phenols is 1. The van der Waals surface area contributed by atoms with Gasteiger partial charge in [0, 0.05) is 11.8 Å². The van der Waals surface area contributed by atoms with E-state index in [4.69, 9.17) is 4.74 Å². The molecule has 8 nitrogen and oxygen atoms in total. The number of amides is 1. The number of phenolic OH excluding ortho intramolecular Hbond substituents is 1. The summed E-state index contributed by atoms with van der Waals surface area (Å²) in [6.07, 6.45) is 4.32. The summed E-state index contributed by atoms with van der Waals surface area (Å²) in [5.74, 6) is -1.41. The van der Waals surface area contributed by atoms with Gasteiger partial charge in [-0.1, -0.05) is 25.5 Å². The summed E-state index contributed by atoms with van der Waals surface area (Å²) in [7, 11) is 1.24. The van der Waals surface area contributed by atoms with Crippen LogP contribution in [0.5, 0.6) is 11.5 Å². The maximum Gasteiger partial charge on any atom is 0.315 e. The number of carbonyl (C=O) groups excluding carboxylic acids is 1. The third-order valence-corrected chi connectivity index (χ3v) is 4.20. The maximum atomic E-state index is 12.4. The van der Waals surface area contributed by atoms with Crippen molar-refractivity contribution in [1.82, 2.24) is 0 Å². The van der Waals surface area contributed by atoms with E-state index in [9.17, 15) is 25.3 Å². The van der Waals surface area contributed by atoms with E-state index in [1.165, 1.54) is 19.3 Å². The molecule has 0 atom stereocenters. The Morgan fingerprint density at radius 1 is 1.34 bits per heavy atom. The Hall–Kier alpha value is -3.86. The van der Waals surface area contributed by atoms with Gasteiger partial charge < -0.3 is 15.2 Å². The van der Waals surface area contributed by atoms with Crippen molar-refractivity contribution >= 4 is 23.4 Å². The largest absolute Gasteiger partial charge is 0.500 e. The number of carbonyl (C=O) groups is 1. The van der Waals surface area contributed by atoms with Gasteiger partial charge in [-0.3, -0.25) is 14.9 Å². The fraction of sp³-hybridized carbons (Fsp3) is 0.238. The lowest BCUT2D eigenvalue weighted by Gasteiger charge is -2.07. The van der Waals surface area contributed by atoms with Gasteiger partial charge in [-0.2, -0.15) is 5.26 Å². The second kappa shape index (κ2) is 9.90. The Balaban J connectivity index is 2.25. The van der Waals surface area contributed by atoms with Gasteiger partial charge in [0.05, 0.1) is 12.0 Å². The SMILES string of the molecule is CCCCc1ccc(NC(=O)/C(C#N)=C/c2cc(OC)c(O)c([N+](=O)[O-])c2)cc1. The summed E-state index contributed by atoms with van der Waals surface area (Å²) in [6.45, 7) is 2.11. The number of nitrogens with one attached hydrogen (secondary N) is 1. The normalized spacial score (nSPS) is 10.9. The number of benzene rings is 2. The minimum Gasteiger partial charge on any atom is -0.500 e. The number of aromatic hydroxyl groups is 1. The Bertz CT molecular complexity index is 975. The van der Waals surface area contributed by atoms with Crippen molar-refractivity contribution in [3.63, 3.8) is 0 Å². The number of hydrogen-bond acceptors (Lipinski definition) is 6. The monoisotopic (exact) mass is 395 g/mol. The molecule has 0 unspecified atom stereocenters. The van der Waals surface area contributed by atoms with Crippen molar-refractivity contribution in [1.29, 1.82) is 5.26 Å². The highest BCUT2D eigenvalue weighted by Crippen LogP contribution is 2.37. The molecule has 2 aromatic rings. The highest BCUT2D eigenvalue weighted by Gasteiger charge is 2.20. The second-order valence-electron chi connectivity index (χ2n) is 6.27. The summed E-state index contributed by atoms with van der Waals surface area (Å²) in [6, 6.07) is 11.5. The molecular formula is C21H21N3O5. The zero-order chi connectivity index (χ0) is 21.4. The zero-order valence-corrected chi connectivity index (χ0v) is 16.1. The van der Waals surface area contributed by atoms with Crippen LogP contribution in [0, 0.1) is 21.4 Å². The molecular weight excluding hydrogens is 374 g/mol. The molecule has 0 saturated heterocycles. The molecule has 1 amide bonds. The van der Waals surface area contributed by atoms with E-state index in [2.05, 4.69) is 12.2 Å². The lowest BCUT2D eigenvalue weighted by atomic mass is 10.1. The lowest BCUT2D eigenvalue weighted by Crippen LogP contribution is -2.13. The van der Waals surface area contributed by atoms with Gasteiger partial charge in [0.1, 0.15) is 11.6 Å². The quantitative estimate of drug-likeness (QED) is 0.299. The van der Waals surface area contributed by atoms with Crippen LogP contribution in [0.1, 0.15) is 30.9 Å². The molecule has 150 valence electrons. The van der Waals surface area contributed by atoms with Crippen LogP contribution in [0.2, 0.25) is 0 Å². The smallest absolute Gasteiger partial charge is 0.315 e. The number of methoxy groups -OCH3 is 1. The van der Waals surface area contributed by atoms with Crippen molar-refractivity contribution in [2.75, 3.05) is 12.4 Å². The zero-order valence-electron chi connectivity index (χ0n) is 16.1. The molecule has 2 N–H and O–H groups in total. The number of rotatable bonds is 8. The number of anilines is 1. The average Bonchev–Trinajstić information content (AvgIpc) is 2.72. The number of nitrogens with zero attached hydrogens (tertiary/aromatic N) is 2. The predicted octanol–water partition coefficient (Wildman–Crippen LogP) is 4.20. The third kappa shape index (κ3) is 5.56. The van der Waals surface area contributed by atoms with E-state index < -0.39 is 22.3 Å². The molecule has 0 aromatic heterocycles. The molecule has 0 heterocycles. The molecule has 0 aliphatic heterocycles. The number of hydrogen-bond donors (Lipinski definition) is 2. The van der Waals surface area contributed by atoms with Crippen LogP contribution in [0.4, 0.5) is 11.4 Å². The predicted molar refractivity (Wildman–Crippen MR) is 109 cm³/mol. The van der Waals surface area contributed by atoms with Crippen molar-refractivity contribution in [3.8, 4) is 17.6 Å². The molecule has 0 bridgehead atoms. The van der Waals surface area contributed by atoms with Crippen LogP contribution in [0.15, 0.2) is 42.0 Å². The van der Waals surface area contributed by atoms with Crippen molar-refractivity contribution < 1.29 is 19.6 Å². The lowest BCUT2D eigenvalue weighted by molar-refractivity contribution is -0.386. The van der Waals surface area contributed by atoms with Crippen molar-refractivity contribution in [2.24, 2.45) is 0 Å². The highest BCUT2D eigenvalue weighted by molar-refractivity contribution is 6.09. The summed E-state index contributed by atoms with van der Waals surface area (Å²) < 4.78 is 4.92. The van der Waals surface area contributed by atoms with E-state index in [0.717, 1.165) is 30.9 Å². The summed E-state index contributed by atoms with van der Waals surface area (Å²) >= 11 is 0. The van der Waals surface area contributed by atoms with Gasteiger partial charge in [0.25, 0.3) is 5.91 Å². The minimum atomic E-state index is -0.776. The van der Waals surface area contributed by atoms with Crippen LogP contribution in [-0.4, -0.2) is 23.0 Å². The van der Waals surface area contributed by atoms with Gasteiger partial charge in [0.15, 0.2) is 5.75 Å². The van der Waals surface area contributed by atoms with Gasteiger partial charge in [-0.15, -0.1) is 0 Å². The van der Waals surface area contributed by atoms with Gasteiger partial charge in [-0.05, 0) is 48.2 Å². The second-order valence-corrected chi connectivity index (χ2v) is 6.27. The number of nitriles is 1. The van der Waals surface area contributed by atoms with Gasteiger partial charge in [-0.25, -0.2) is 0 Å². The molecule has 0 aliphatic carbocycles. The first kappa shape index (κ1) is 21.4. The Labute approximate surface area is 168 Å². The number of aryl methyl sites for hydroxylation is 1. The number of ether oxygens (including phenoxy) is 1. The van der Waals surface area contributed by atoms with Crippen molar-refractivity contribution in [2.45, 2.75) is 26.2 Å². The third-order valence-electron chi connectivity index (χ3n) is 4.20. The maximum absolute atomic E-state index is 12.4. The van der Waals surface area contributed by atoms with Crippen molar-refractivity contribution in [3.05, 3.63) is 63.2 Å². The van der Waals surface area contributed by atoms with E-state index in [1.54, 1.807) is 18.2 Å². The van der Waals surface area contributed by atoms with Gasteiger partial charge >= 0.3 is 5.69 Å². The van der Waals surface area contributed by atoms with E-state index in [1.807, 2.05) is 12.1 Å². The highest BCUT2D eigenvalue weighted by atomic mass is 16.6. The first-order valence-electron chi connectivity index (χ1n) is 8.97. The molecule has 0 fully saturated rings. The molecule has 2 rings (SSSR count). The van der Waals surface area contributed by atoms with E-state index in [-0.39, 0.29) is 16.9 Å². The number of nitro groups is 1. The summed E-state index contributed by atoms with van der Waals surface area (Å²) in [5, 5.41) is 32.9. The topological polar surface area (TPSA) is 125 Å². The van der Waals surface area contributed by atoms with Crippen LogP contribution in [0.3, 0.4) is 0 Å². The molecule has 0 aliphatic rings. The number of nitro benzene ring substituents is 1. The standard InChI is InChI=1S/C21H21N3O5/c1-3-4-5-14-6-8-17(9-7-14)23-21(26)16(13-22)10-15-11-18(24(27)28)20(25)19(12-15)29-2/h6-12,25H,3-5H2,1-2H3,(H,23,26)/b16-10+. The average molecular weight is 395 g/mol. The first-order chi connectivity index (χ1) is 13.9. The Morgan fingerprint density at radius 3 is 2.59 bits per heavy atom. The van der Waals surface area contributed by atoms with Crippen LogP contribution in [-0.2, 0) is 11.2 Å². The molecule has 0 saturated carbocycles. The fourth-order valence-electron chi connectivity index (χ4n) is 2.64. The molecule has 8 heteroatoms. The molecule has 2 aromatic carbocycles. The van der Waals surface area contributed by atoms with Gasteiger partial charge in [0.2, 0.25) is 5.75 Å². The Kier molecular flexibility index (Phi) is 7.32. The first-order valence-corrected chi connectivity index (χ1v) is 8.97. The van der Waals surface area contributed by atoms with Crippen LogP contribution in [0.25, 0.3) is 6.08 Å². The van der Waals surface area contributed by atoms with Crippen LogP contribution < -0.4 is 10.1 Å². The summed E-state index contributed by atoms with van der Waals surface area (Å²) in [4.78, 5) is 22.7. The van der Waals surface area contributed by atoms with E-state index >= 15 is 0 Å². The fourth-order valence-corrected chi connectivity index (χ4v) is 2.64. The summed E-state index contributed by atoms with van der Waals surface area (Å²) in [5.41, 5.74) is 1.03. The Morgan fingerprint density at radius 2 is 2.03 bits per heavy atom. The molecule has 0 spiro atoms. The molecule has 0 radical (unpaired) electrons. The van der Waals surface area contributed by atoms with Crippen LogP contribution >= 0.6 is 0 Å². The minimum absolute atomic E-state index is 0.134.